The van der Waals surface area contributed by atoms with Crippen LogP contribution in [0.15, 0.2) is 30.3 Å². The van der Waals surface area contributed by atoms with E-state index in [2.05, 4.69) is 16.0 Å². The van der Waals surface area contributed by atoms with Crippen LogP contribution >= 0.6 is 0 Å². The van der Waals surface area contributed by atoms with Crippen LogP contribution < -0.4 is 16.0 Å². The van der Waals surface area contributed by atoms with Crippen molar-refractivity contribution >= 4 is 24.1 Å². The van der Waals surface area contributed by atoms with Crippen molar-refractivity contribution in [3.05, 3.63) is 35.9 Å². The highest BCUT2D eigenvalue weighted by Crippen LogP contribution is 2.31. The average molecular weight is 299 g/mol. The van der Waals surface area contributed by atoms with E-state index in [1.165, 1.54) is 31.8 Å². The number of fused-ring (bicyclic) bond motifs is 3. The van der Waals surface area contributed by atoms with Gasteiger partial charge in [-0.05, 0) is 49.3 Å². The molecule has 2 saturated heterocycles. The van der Waals surface area contributed by atoms with E-state index in [0.717, 1.165) is 5.56 Å². The lowest BCUT2D eigenvalue weighted by Gasteiger charge is -2.43. The summed E-state index contributed by atoms with van der Waals surface area (Å²) in [5.41, 5.74) is 1.50. The molecule has 3 aliphatic rings. The van der Waals surface area contributed by atoms with E-state index in [4.69, 9.17) is 0 Å². The molecule has 5 nitrogen and oxygen atoms in total. The number of nitrogens with one attached hydrogen (secondary N) is 3. The van der Waals surface area contributed by atoms with E-state index >= 15 is 0 Å². The number of piperidine rings is 2. The van der Waals surface area contributed by atoms with Crippen molar-refractivity contribution in [3.63, 3.8) is 0 Å². The topological polar surface area (TPSA) is 70.2 Å². The number of hydrogen-bond donors (Lipinski definition) is 3. The van der Waals surface area contributed by atoms with Crippen LogP contribution in [0.4, 0.5) is 5.69 Å². The van der Waals surface area contributed by atoms with E-state index in [9.17, 15) is 9.59 Å². The van der Waals surface area contributed by atoms with Crippen LogP contribution in [0.3, 0.4) is 0 Å². The molecule has 0 spiro atoms. The molecule has 2 amide bonds. The number of carbonyl (C=O) groups is 2. The SMILES string of the molecule is O=CNc1ccccc1C=CC(=O)NC1NC2CCC1CC2. The zero-order valence-corrected chi connectivity index (χ0v) is 12.4. The molecule has 0 radical (unpaired) electrons. The summed E-state index contributed by atoms with van der Waals surface area (Å²) in [7, 11) is 0. The number of para-hydroxylation sites is 1. The highest BCUT2D eigenvalue weighted by Gasteiger charge is 2.35. The second-order valence-electron chi connectivity index (χ2n) is 5.95. The van der Waals surface area contributed by atoms with Crippen LogP contribution in [0.25, 0.3) is 6.08 Å². The lowest BCUT2D eigenvalue weighted by Crippen LogP contribution is -2.59. The van der Waals surface area contributed by atoms with Crippen molar-refractivity contribution in [1.82, 2.24) is 10.6 Å². The molecule has 4 rings (SSSR count). The smallest absolute Gasteiger partial charge is 0.245 e. The number of carbonyl (C=O) groups excluding carboxylic acids is 2. The standard InChI is InChI=1S/C17H21N3O2/c21-11-18-15-4-2-1-3-12(15)7-10-16(22)20-17-13-5-8-14(19-17)9-6-13/h1-4,7,10-11,13-14,17,19H,5-6,8-9H2,(H,18,21)(H,20,22). The molecule has 2 bridgehead atoms. The molecular weight excluding hydrogens is 278 g/mol. The Hall–Kier alpha value is -2.14. The first-order valence-electron chi connectivity index (χ1n) is 7.80. The second-order valence-corrected chi connectivity index (χ2v) is 5.95. The van der Waals surface area contributed by atoms with E-state index in [1.807, 2.05) is 18.2 Å². The molecule has 1 saturated carbocycles. The number of amides is 2. The largest absolute Gasteiger partial charge is 0.337 e. The highest BCUT2D eigenvalue weighted by atomic mass is 16.1. The first kappa shape index (κ1) is 14.8. The van der Waals surface area contributed by atoms with Gasteiger partial charge in [-0.15, -0.1) is 0 Å². The predicted octanol–water partition coefficient (Wildman–Crippen LogP) is 1.87. The molecule has 1 aromatic rings. The molecule has 1 atom stereocenters. The van der Waals surface area contributed by atoms with Crippen LogP contribution in [0.1, 0.15) is 31.2 Å². The molecule has 22 heavy (non-hydrogen) atoms. The second kappa shape index (κ2) is 6.75. The summed E-state index contributed by atoms with van der Waals surface area (Å²) >= 11 is 0. The van der Waals surface area contributed by atoms with Crippen molar-refractivity contribution in [2.75, 3.05) is 5.32 Å². The van der Waals surface area contributed by atoms with Crippen molar-refractivity contribution in [2.45, 2.75) is 37.9 Å². The van der Waals surface area contributed by atoms with Gasteiger partial charge in [0.05, 0.1) is 6.17 Å². The maximum absolute atomic E-state index is 12.1. The Morgan fingerprint density at radius 3 is 2.64 bits per heavy atom. The first-order chi connectivity index (χ1) is 10.8. The quantitative estimate of drug-likeness (QED) is 0.574. The van der Waals surface area contributed by atoms with E-state index in [0.29, 0.717) is 24.1 Å². The Labute approximate surface area is 130 Å². The van der Waals surface area contributed by atoms with Gasteiger partial charge in [0.2, 0.25) is 12.3 Å². The average Bonchev–Trinajstić information content (AvgIpc) is 2.55. The Balaban J connectivity index is 1.61. The van der Waals surface area contributed by atoms with Gasteiger partial charge >= 0.3 is 0 Å². The van der Waals surface area contributed by atoms with Gasteiger partial charge in [0.15, 0.2) is 0 Å². The molecule has 3 N–H and O–H groups in total. The number of rotatable bonds is 5. The maximum atomic E-state index is 12.1. The van der Waals surface area contributed by atoms with Crippen molar-refractivity contribution in [1.29, 1.82) is 0 Å². The van der Waals surface area contributed by atoms with Crippen LogP contribution in [0.5, 0.6) is 0 Å². The fraction of sp³-hybridized carbons (Fsp3) is 0.412. The highest BCUT2D eigenvalue weighted by molar-refractivity contribution is 5.93. The third kappa shape index (κ3) is 3.36. The van der Waals surface area contributed by atoms with Gasteiger partial charge in [0.1, 0.15) is 0 Å². The van der Waals surface area contributed by atoms with Gasteiger partial charge in [-0.2, -0.15) is 0 Å². The van der Waals surface area contributed by atoms with Crippen LogP contribution in [0, 0.1) is 5.92 Å². The summed E-state index contributed by atoms with van der Waals surface area (Å²) in [6.45, 7) is 0. The van der Waals surface area contributed by atoms with Crippen LogP contribution in [-0.2, 0) is 9.59 Å². The minimum Gasteiger partial charge on any atom is -0.337 e. The third-order valence-electron chi connectivity index (χ3n) is 4.55. The fourth-order valence-electron chi connectivity index (χ4n) is 3.37. The number of hydrogen-bond acceptors (Lipinski definition) is 3. The summed E-state index contributed by atoms with van der Waals surface area (Å²) in [4.78, 5) is 22.7. The summed E-state index contributed by atoms with van der Waals surface area (Å²) in [5, 5.41) is 9.16. The summed E-state index contributed by atoms with van der Waals surface area (Å²) in [6.07, 6.45) is 8.80. The van der Waals surface area contributed by atoms with Crippen LogP contribution in [0.2, 0.25) is 0 Å². The Kier molecular flexibility index (Phi) is 4.53. The number of anilines is 1. The predicted molar refractivity (Wildman–Crippen MR) is 86.0 cm³/mol. The molecule has 1 aliphatic carbocycles. The van der Waals surface area contributed by atoms with Crippen molar-refractivity contribution in [2.24, 2.45) is 5.92 Å². The van der Waals surface area contributed by atoms with Gasteiger partial charge in [-0.25, -0.2) is 0 Å². The number of benzene rings is 1. The van der Waals surface area contributed by atoms with E-state index in [1.54, 1.807) is 12.1 Å². The molecule has 2 aliphatic heterocycles. The Morgan fingerprint density at radius 1 is 1.18 bits per heavy atom. The van der Waals surface area contributed by atoms with Gasteiger partial charge < -0.3 is 10.6 Å². The zero-order valence-electron chi connectivity index (χ0n) is 12.4. The maximum Gasteiger partial charge on any atom is 0.245 e. The molecule has 1 aromatic carbocycles. The van der Waals surface area contributed by atoms with Crippen LogP contribution in [-0.4, -0.2) is 24.5 Å². The first-order valence-corrected chi connectivity index (χ1v) is 7.80. The monoisotopic (exact) mass is 299 g/mol. The zero-order chi connectivity index (χ0) is 15.4. The molecule has 3 fully saturated rings. The van der Waals surface area contributed by atoms with Gasteiger partial charge in [0, 0.05) is 17.8 Å². The molecule has 5 heteroatoms. The summed E-state index contributed by atoms with van der Waals surface area (Å²) < 4.78 is 0. The van der Waals surface area contributed by atoms with E-state index in [-0.39, 0.29) is 12.1 Å². The summed E-state index contributed by atoms with van der Waals surface area (Å²) in [5.74, 6) is 0.442. The van der Waals surface area contributed by atoms with Crippen molar-refractivity contribution in [3.8, 4) is 0 Å². The lowest BCUT2D eigenvalue weighted by molar-refractivity contribution is -0.118. The minimum atomic E-state index is -0.106. The third-order valence-corrected chi connectivity index (χ3v) is 4.55. The normalized spacial score (nSPS) is 26.8. The minimum absolute atomic E-state index is 0.0907. The Morgan fingerprint density at radius 2 is 1.95 bits per heavy atom. The Bertz CT molecular complexity index is 577. The molecular formula is C17H21N3O2. The fourth-order valence-corrected chi connectivity index (χ4v) is 3.37. The summed E-state index contributed by atoms with van der Waals surface area (Å²) in [6, 6.07) is 7.92. The molecule has 1 unspecified atom stereocenters. The van der Waals surface area contributed by atoms with Crippen molar-refractivity contribution < 1.29 is 9.59 Å². The van der Waals surface area contributed by atoms with E-state index < -0.39 is 0 Å². The molecule has 0 aromatic heterocycles. The van der Waals surface area contributed by atoms with Gasteiger partial charge in [0.25, 0.3) is 0 Å². The van der Waals surface area contributed by atoms with Gasteiger partial charge in [-0.3, -0.25) is 14.9 Å². The van der Waals surface area contributed by atoms with Gasteiger partial charge in [-0.1, -0.05) is 18.2 Å². The lowest BCUT2D eigenvalue weighted by atomic mass is 9.79. The molecule has 2 heterocycles. The molecule has 116 valence electrons.